The van der Waals surface area contributed by atoms with Crippen molar-refractivity contribution in [3.63, 3.8) is 0 Å². The fourth-order valence-electron chi connectivity index (χ4n) is 11.0. The first-order valence-corrected chi connectivity index (χ1v) is 22.5. The Morgan fingerprint density at radius 3 is 1.34 bits per heavy atom. The summed E-state index contributed by atoms with van der Waals surface area (Å²) < 4.78 is 13.6. The molecule has 0 saturated carbocycles. The Morgan fingerprint density at radius 2 is 0.800 bits per heavy atom. The molecule has 0 atom stereocenters. The van der Waals surface area contributed by atoms with Crippen LogP contribution in [0.4, 0.5) is 34.1 Å². The van der Waals surface area contributed by atoms with Gasteiger partial charge in [-0.2, -0.15) is 0 Å². The van der Waals surface area contributed by atoms with Crippen LogP contribution in [0.2, 0.25) is 0 Å². The highest BCUT2D eigenvalue weighted by Gasteiger charge is 2.41. The van der Waals surface area contributed by atoms with Gasteiger partial charge in [0.1, 0.15) is 11.2 Å². The van der Waals surface area contributed by atoms with Gasteiger partial charge in [-0.3, -0.25) is 0 Å². The van der Waals surface area contributed by atoms with Gasteiger partial charge < -0.3 is 18.6 Å². The Labute approximate surface area is 377 Å². The van der Waals surface area contributed by atoms with Crippen molar-refractivity contribution >= 4 is 99.5 Å². The van der Waals surface area contributed by atoms with E-state index in [1.807, 2.05) is 12.1 Å². The van der Waals surface area contributed by atoms with Crippen molar-refractivity contribution < 1.29 is 8.83 Å². The third kappa shape index (κ3) is 5.50. The van der Waals surface area contributed by atoms with Crippen LogP contribution in [0.1, 0.15) is 36.1 Å². The van der Waals surface area contributed by atoms with Crippen molar-refractivity contribution in [2.24, 2.45) is 0 Å². The van der Waals surface area contributed by atoms with Crippen molar-refractivity contribution in [1.82, 2.24) is 0 Å². The third-order valence-electron chi connectivity index (χ3n) is 13.9. The predicted octanol–water partition coefficient (Wildman–Crippen LogP) is 17.7. The number of para-hydroxylation sites is 4. The van der Waals surface area contributed by atoms with E-state index in [2.05, 4.69) is 219 Å². The Balaban J connectivity index is 1.11. The number of rotatable bonds is 6. The molecule has 4 heteroatoms. The zero-order valence-electron chi connectivity index (χ0n) is 36.7. The highest BCUT2D eigenvalue weighted by Crippen LogP contribution is 2.59. The molecule has 0 N–H and O–H groups in total. The maximum atomic E-state index is 6.80. The van der Waals surface area contributed by atoms with Crippen molar-refractivity contribution in [1.29, 1.82) is 0 Å². The lowest BCUT2D eigenvalue weighted by Gasteiger charge is -2.30. The number of fused-ring (bicyclic) bond motifs is 13. The summed E-state index contributed by atoms with van der Waals surface area (Å²) >= 11 is 0. The quantitative estimate of drug-likeness (QED) is 0.167. The van der Waals surface area contributed by atoms with Crippen molar-refractivity contribution in [2.75, 3.05) is 9.80 Å². The maximum absolute atomic E-state index is 6.80. The highest BCUT2D eigenvalue weighted by molar-refractivity contribution is 6.18. The smallest absolute Gasteiger partial charge is 0.159 e. The first kappa shape index (κ1) is 37.5. The van der Waals surface area contributed by atoms with E-state index in [4.69, 9.17) is 8.83 Å². The molecule has 0 amide bonds. The first-order chi connectivity index (χ1) is 31.8. The van der Waals surface area contributed by atoms with Crippen LogP contribution in [0.3, 0.4) is 0 Å². The average molecular weight is 837 g/mol. The summed E-state index contributed by atoms with van der Waals surface area (Å²) in [5, 5.41) is 9.23. The Morgan fingerprint density at radius 1 is 0.369 bits per heavy atom. The van der Waals surface area contributed by atoms with E-state index in [1.54, 1.807) is 0 Å². The van der Waals surface area contributed by atoms with Crippen LogP contribution in [0, 0.1) is 13.8 Å². The molecule has 0 saturated heterocycles. The van der Waals surface area contributed by atoms with E-state index in [0.29, 0.717) is 0 Å². The lowest BCUT2D eigenvalue weighted by Crippen LogP contribution is -2.18. The molecule has 13 rings (SSSR count). The van der Waals surface area contributed by atoms with Crippen LogP contribution in [-0.2, 0) is 5.41 Å². The normalized spacial score (nSPS) is 13.0. The van der Waals surface area contributed by atoms with Crippen molar-refractivity contribution in [2.45, 2.75) is 33.1 Å². The molecular formula is C61H44N2O2. The average Bonchev–Trinajstić information content (AvgIpc) is 3.98. The van der Waals surface area contributed by atoms with E-state index in [9.17, 15) is 0 Å². The minimum atomic E-state index is -0.363. The van der Waals surface area contributed by atoms with Gasteiger partial charge in [0, 0.05) is 49.1 Å². The molecule has 0 fully saturated rings. The lowest BCUT2D eigenvalue weighted by atomic mass is 9.79. The fourth-order valence-corrected chi connectivity index (χ4v) is 11.0. The van der Waals surface area contributed by atoms with Gasteiger partial charge in [0.2, 0.25) is 0 Å². The number of nitrogens with zero attached hydrogens (tertiary/aromatic N) is 2. The van der Waals surface area contributed by atoms with E-state index in [0.717, 1.165) is 78.0 Å². The molecule has 0 spiro atoms. The zero-order chi connectivity index (χ0) is 43.6. The molecule has 12 aromatic rings. The second-order valence-electron chi connectivity index (χ2n) is 18.2. The predicted molar refractivity (Wildman–Crippen MR) is 272 cm³/mol. The van der Waals surface area contributed by atoms with Gasteiger partial charge in [-0.05, 0) is 119 Å². The molecule has 0 radical (unpaired) electrons. The molecule has 1 aliphatic carbocycles. The summed E-state index contributed by atoms with van der Waals surface area (Å²) in [5.74, 6) is 0. The van der Waals surface area contributed by atoms with Gasteiger partial charge in [0.15, 0.2) is 11.2 Å². The number of benzene rings is 10. The summed E-state index contributed by atoms with van der Waals surface area (Å²) in [6.07, 6.45) is 0. The summed E-state index contributed by atoms with van der Waals surface area (Å²) in [4.78, 5) is 4.85. The maximum Gasteiger partial charge on any atom is 0.159 e. The molecule has 310 valence electrons. The molecule has 65 heavy (non-hydrogen) atoms. The Hall–Kier alpha value is -8.08. The molecule has 2 aromatic heterocycles. The topological polar surface area (TPSA) is 32.8 Å². The minimum absolute atomic E-state index is 0.363. The van der Waals surface area contributed by atoms with Crippen LogP contribution in [0.5, 0.6) is 0 Å². The SMILES string of the molecule is Cc1cccc(N(c2cc3c(c4ccccc24)-c2cc(N(c4cccc(C)c4)c4cccc5c4oc4ccccc45)c4ccccc4c2C3(C)C)c2cccc3c2oc2ccccc23)c1. The van der Waals surface area contributed by atoms with Crippen LogP contribution in [-0.4, -0.2) is 0 Å². The van der Waals surface area contributed by atoms with Gasteiger partial charge >= 0.3 is 0 Å². The number of anilines is 6. The molecule has 0 unspecified atom stereocenters. The fraction of sp³-hybridized carbons (Fsp3) is 0.0820. The number of furan rings is 2. The number of aryl methyl sites for hydroxylation is 2. The summed E-state index contributed by atoms with van der Waals surface area (Å²) in [6.45, 7) is 9.16. The van der Waals surface area contributed by atoms with E-state index in [1.165, 1.54) is 54.9 Å². The van der Waals surface area contributed by atoms with Gasteiger partial charge in [0.25, 0.3) is 0 Å². The second kappa shape index (κ2) is 14.0. The second-order valence-corrected chi connectivity index (χ2v) is 18.2. The van der Waals surface area contributed by atoms with E-state index in [-0.39, 0.29) is 5.41 Å². The molecule has 1 aliphatic rings. The molecule has 10 aromatic carbocycles. The van der Waals surface area contributed by atoms with Crippen LogP contribution < -0.4 is 9.80 Å². The van der Waals surface area contributed by atoms with Crippen LogP contribution in [0.25, 0.3) is 76.5 Å². The zero-order valence-corrected chi connectivity index (χ0v) is 36.7. The lowest BCUT2D eigenvalue weighted by molar-refractivity contribution is 0.666. The van der Waals surface area contributed by atoms with Gasteiger partial charge in [-0.1, -0.05) is 147 Å². The largest absolute Gasteiger partial charge is 0.454 e. The highest BCUT2D eigenvalue weighted by atomic mass is 16.3. The van der Waals surface area contributed by atoms with E-state index >= 15 is 0 Å². The number of hydrogen-bond donors (Lipinski definition) is 0. The molecule has 0 aliphatic heterocycles. The molecule has 0 bridgehead atoms. The summed E-state index contributed by atoms with van der Waals surface area (Å²) in [7, 11) is 0. The minimum Gasteiger partial charge on any atom is -0.454 e. The van der Waals surface area contributed by atoms with Crippen molar-refractivity contribution in [3.8, 4) is 11.1 Å². The standard InChI is InChI=1S/C61H44N2O2/c1-37-17-13-19-39(33-37)62(51-29-15-27-47-43-23-9-11-31-55(43)64-59(47)51)53-35-49-57-45-25-7-5-21-41(45)54(36-50(57)61(3,4)58(49)46-26-8-6-22-42(46)53)63(40-20-14-18-38(2)34-40)52-30-16-28-48-44-24-10-12-32-56(44)65-60(48)52/h5-36H,1-4H3. The van der Waals surface area contributed by atoms with Gasteiger partial charge in [-0.25, -0.2) is 0 Å². The Bertz CT molecular complexity index is 3920. The third-order valence-corrected chi connectivity index (χ3v) is 13.9. The Kier molecular flexibility index (Phi) is 8.05. The van der Waals surface area contributed by atoms with Gasteiger partial charge in [0.05, 0.1) is 22.7 Å². The monoisotopic (exact) mass is 836 g/mol. The van der Waals surface area contributed by atoms with Crippen molar-refractivity contribution in [3.05, 3.63) is 216 Å². The molecule has 2 heterocycles. The van der Waals surface area contributed by atoms with Crippen LogP contribution >= 0.6 is 0 Å². The molecule has 4 nitrogen and oxygen atoms in total. The number of hydrogen-bond acceptors (Lipinski definition) is 4. The van der Waals surface area contributed by atoms with Gasteiger partial charge in [-0.15, -0.1) is 0 Å². The van der Waals surface area contributed by atoms with Crippen LogP contribution in [0.15, 0.2) is 203 Å². The first-order valence-electron chi connectivity index (χ1n) is 22.5. The summed E-state index contributed by atoms with van der Waals surface area (Å²) in [6, 6.07) is 70.4. The van der Waals surface area contributed by atoms with E-state index < -0.39 is 0 Å². The molecular weight excluding hydrogens is 793 g/mol. The summed E-state index contributed by atoms with van der Waals surface area (Å²) in [5.41, 5.74) is 17.0.